The van der Waals surface area contributed by atoms with Crippen LogP contribution in [0.3, 0.4) is 0 Å². The van der Waals surface area contributed by atoms with Gasteiger partial charge in [-0.2, -0.15) is 0 Å². The van der Waals surface area contributed by atoms with Gasteiger partial charge >= 0.3 is 11.9 Å². The lowest BCUT2D eigenvalue weighted by Crippen LogP contribution is -2.34. The Balaban J connectivity index is 2.41. The molecule has 0 aliphatic carbocycles. The number of hydrogen-bond donors (Lipinski definition) is 0. The third kappa shape index (κ3) is 5.84. The van der Waals surface area contributed by atoms with Crippen molar-refractivity contribution in [3.8, 4) is 23.0 Å². The fourth-order valence-electron chi connectivity index (χ4n) is 3.61. The Morgan fingerprint density at radius 1 is 0.594 bits per heavy atom. The van der Waals surface area contributed by atoms with E-state index in [-0.39, 0.29) is 12.8 Å². The highest BCUT2D eigenvalue weighted by Crippen LogP contribution is 2.33. The summed E-state index contributed by atoms with van der Waals surface area (Å²) < 4.78 is 31.3. The minimum Gasteiger partial charge on any atom is -0.493 e. The molecule has 0 bridgehead atoms. The van der Waals surface area contributed by atoms with Gasteiger partial charge in [0.15, 0.2) is 23.0 Å². The van der Waals surface area contributed by atoms with Crippen LogP contribution in [0.5, 0.6) is 23.0 Å². The van der Waals surface area contributed by atoms with Crippen LogP contribution in [0.1, 0.15) is 11.1 Å². The average Bonchev–Trinajstić information content (AvgIpc) is 2.84. The van der Waals surface area contributed by atoms with Crippen molar-refractivity contribution in [3.05, 3.63) is 47.5 Å². The normalized spacial score (nSPS) is 12.3. The van der Waals surface area contributed by atoms with Crippen molar-refractivity contribution >= 4 is 11.9 Å². The third-order valence-corrected chi connectivity index (χ3v) is 5.30. The molecule has 0 aliphatic heterocycles. The molecule has 2 aromatic carbocycles. The first kappa shape index (κ1) is 24.8. The lowest BCUT2D eigenvalue weighted by molar-refractivity contribution is -0.157. The van der Waals surface area contributed by atoms with E-state index in [1.165, 1.54) is 28.4 Å². The molecule has 0 saturated heterocycles. The van der Waals surface area contributed by atoms with Gasteiger partial charge in [-0.1, -0.05) is 12.1 Å². The van der Waals surface area contributed by atoms with Crippen LogP contribution in [0.25, 0.3) is 0 Å². The van der Waals surface area contributed by atoms with Crippen molar-refractivity contribution in [3.63, 3.8) is 0 Å². The van der Waals surface area contributed by atoms with Crippen LogP contribution in [0, 0.1) is 11.8 Å². The number of carbonyl (C=O) groups excluding carboxylic acids is 2. The quantitative estimate of drug-likeness (QED) is 0.487. The Hall–Kier alpha value is -3.42. The van der Waals surface area contributed by atoms with Crippen molar-refractivity contribution in [2.45, 2.75) is 12.8 Å². The number of hydrogen-bond acceptors (Lipinski definition) is 8. The zero-order chi connectivity index (χ0) is 23.7. The van der Waals surface area contributed by atoms with E-state index in [0.717, 1.165) is 11.1 Å². The highest BCUT2D eigenvalue weighted by Gasteiger charge is 2.36. The van der Waals surface area contributed by atoms with Crippen LogP contribution >= 0.6 is 0 Å². The van der Waals surface area contributed by atoms with Gasteiger partial charge in [-0.25, -0.2) is 0 Å². The molecule has 0 aromatic heterocycles. The van der Waals surface area contributed by atoms with Crippen LogP contribution < -0.4 is 18.9 Å². The molecule has 0 fully saturated rings. The fourth-order valence-corrected chi connectivity index (χ4v) is 3.61. The van der Waals surface area contributed by atoms with Gasteiger partial charge in [0.2, 0.25) is 0 Å². The summed E-state index contributed by atoms with van der Waals surface area (Å²) in [4.78, 5) is 25.5. The molecule has 0 N–H and O–H groups in total. The molecule has 0 aliphatic rings. The van der Waals surface area contributed by atoms with E-state index < -0.39 is 23.8 Å². The second-order valence-electron chi connectivity index (χ2n) is 7.05. The Bertz CT molecular complexity index is 849. The minimum atomic E-state index is -0.779. The molecule has 0 heterocycles. The van der Waals surface area contributed by atoms with Crippen LogP contribution in [0.15, 0.2) is 36.4 Å². The van der Waals surface area contributed by atoms with Gasteiger partial charge in [-0.3, -0.25) is 9.59 Å². The Morgan fingerprint density at radius 2 is 0.938 bits per heavy atom. The van der Waals surface area contributed by atoms with Gasteiger partial charge in [0, 0.05) is 0 Å². The molecule has 174 valence electrons. The topological polar surface area (TPSA) is 89.5 Å². The predicted molar refractivity (Wildman–Crippen MR) is 118 cm³/mol. The summed E-state index contributed by atoms with van der Waals surface area (Å²) in [5, 5.41) is 0. The molecule has 8 nitrogen and oxygen atoms in total. The van der Waals surface area contributed by atoms with Gasteiger partial charge in [0.25, 0.3) is 0 Å². The molecular formula is C24H30O8. The van der Waals surface area contributed by atoms with E-state index in [1.807, 2.05) is 12.1 Å². The molecule has 2 aromatic rings. The molecule has 0 unspecified atom stereocenters. The minimum absolute atomic E-state index is 0.250. The molecule has 0 radical (unpaired) electrons. The van der Waals surface area contributed by atoms with Crippen molar-refractivity contribution in [2.24, 2.45) is 11.8 Å². The molecule has 32 heavy (non-hydrogen) atoms. The highest BCUT2D eigenvalue weighted by atomic mass is 16.5. The fraction of sp³-hybridized carbons (Fsp3) is 0.417. The lowest BCUT2D eigenvalue weighted by atomic mass is 9.82. The Kier molecular flexibility index (Phi) is 9.19. The molecule has 0 amide bonds. The maximum Gasteiger partial charge on any atom is 0.309 e. The highest BCUT2D eigenvalue weighted by molar-refractivity contribution is 5.82. The van der Waals surface area contributed by atoms with Gasteiger partial charge in [-0.05, 0) is 48.2 Å². The third-order valence-electron chi connectivity index (χ3n) is 5.30. The van der Waals surface area contributed by atoms with E-state index in [4.69, 9.17) is 28.4 Å². The Labute approximate surface area is 188 Å². The van der Waals surface area contributed by atoms with Crippen LogP contribution in [-0.2, 0) is 31.9 Å². The van der Waals surface area contributed by atoms with Gasteiger partial charge in [-0.15, -0.1) is 0 Å². The average molecular weight is 446 g/mol. The summed E-state index contributed by atoms with van der Waals surface area (Å²) >= 11 is 0. The van der Waals surface area contributed by atoms with Crippen molar-refractivity contribution in [2.75, 3.05) is 42.7 Å². The van der Waals surface area contributed by atoms with Crippen molar-refractivity contribution < 1.29 is 38.0 Å². The molecule has 2 atom stereocenters. The number of esters is 2. The lowest BCUT2D eigenvalue weighted by Gasteiger charge is -2.24. The van der Waals surface area contributed by atoms with Crippen LogP contribution in [0.2, 0.25) is 0 Å². The van der Waals surface area contributed by atoms with E-state index in [9.17, 15) is 9.59 Å². The SMILES string of the molecule is COC(=O)[C@H](Cc1ccc(OC)c(OC)c1)[C@@H](Cc1ccc(OC)c(OC)c1)C(=O)OC. The Morgan fingerprint density at radius 3 is 1.22 bits per heavy atom. The molecule has 2 rings (SSSR count). The van der Waals surface area contributed by atoms with E-state index >= 15 is 0 Å². The van der Waals surface area contributed by atoms with E-state index in [0.29, 0.717) is 23.0 Å². The largest absolute Gasteiger partial charge is 0.493 e. The van der Waals surface area contributed by atoms with Crippen LogP contribution in [-0.4, -0.2) is 54.6 Å². The second-order valence-corrected chi connectivity index (χ2v) is 7.05. The maximum atomic E-state index is 12.7. The zero-order valence-electron chi connectivity index (χ0n) is 19.3. The van der Waals surface area contributed by atoms with Crippen molar-refractivity contribution in [1.82, 2.24) is 0 Å². The first-order valence-electron chi connectivity index (χ1n) is 9.99. The number of methoxy groups -OCH3 is 6. The smallest absolute Gasteiger partial charge is 0.309 e. The van der Waals surface area contributed by atoms with Crippen molar-refractivity contribution in [1.29, 1.82) is 0 Å². The summed E-state index contributed by atoms with van der Waals surface area (Å²) in [6, 6.07) is 10.7. The van der Waals surface area contributed by atoms with Gasteiger partial charge in [0.05, 0.1) is 54.5 Å². The number of carbonyl (C=O) groups is 2. The zero-order valence-corrected chi connectivity index (χ0v) is 19.3. The predicted octanol–water partition coefficient (Wildman–Crippen LogP) is 3.08. The monoisotopic (exact) mass is 446 g/mol. The second kappa shape index (κ2) is 11.8. The van der Waals surface area contributed by atoms with E-state index in [2.05, 4.69) is 0 Å². The number of ether oxygens (including phenoxy) is 6. The summed E-state index contributed by atoms with van der Waals surface area (Å²) in [5.74, 6) is -0.365. The van der Waals surface area contributed by atoms with E-state index in [1.54, 1.807) is 38.5 Å². The maximum absolute atomic E-state index is 12.7. The summed E-state index contributed by atoms with van der Waals surface area (Å²) in [6.07, 6.45) is 0.500. The van der Waals surface area contributed by atoms with Gasteiger partial charge < -0.3 is 28.4 Å². The molecular weight excluding hydrogens is 416 g/mol. The molecule has 0 spiro atoms. The van der Waals surface area contributed by atoms with Crippen LogP contribution in [0.4, 0.5) is 0 Å². The first-order chi connectivity index (χ1) is 15.4. The summed E-state index contributed by atoms with van der Waals surface area (Å²) in [6.45, 7) is 0. The molecule has 8 heteroatoms. The molecule has 0 saturated carbocycles. The number of rotatable bonds is 11. The number of benzene rings is 2. The standard InChI is InChI=1S/C24H30O8/c1-27-19-9-7-15(13-21(19)29-3)11-17(23(25)31-5)18(24(26)32-6)12-16-8-10-20(28-2)22(14-16)30-4/h7-10,13-14,17-18H,11-12H2,1-6H3/t17-,18-/m1/s1. The summed E-state index contributed by atoms with van der Waals surface area (Å²) in [7, 11) is 8.77. The van der Waals surface area contributed by atoms with Gasteiger partial charge in [0.1, 0.15) is 0 Å². The first-order valence-corrected chi connectivity index (χ1v) is 9.99. The summed E-state index contributed by atoms with van der Waals surface area (Å²) in [5.41, 5.74) is 1.58.